The van der Waals surface area contributed by atoms with Gasteiger partial charge in [-0.25, -0.2) is 9.59 Å². The lowest BCUT2D eigenvalue weighted by atomic mass is 10.2. The summed E-state index contributed by atoms with van der Waals surface area (Å²) in [6.07, 6.45) is 0.939. The largest absolute Gasteiger partial charge is 0.479 e. The Hall–Kier alpha value is -1.21. The van der Waals surface area contributed by atoms with Crippen LogP contribution >= 0.6 is 23.1 Å². The Balaban J connectivity index is 1.92. The average Bonchev–Trinajstić information content (AvgIpc) is 2.97. The first-order valence-corrected chi connectivity index (χ1v) is 7.61. The molecular formula is C11H14N2O3S2. The van der Waals surface area contributed by atoms with Crippen molar-refractivity contribution in [2.45, 2.75) is 18.5 Å². The van der Waals surface area contributed by atoms with Gasteiger partial charge in [0.2, 0.25) is 0 Å². The molecular weight excluding hydrogens is 272 g/mol. The Bertz CT molecular complexity index is 416. The molecule has 1 fully saturated rings. The van der Waals surface area contributed by atoms with E-state index in [1.807, 2.05) is 0 Å². The number of carboxylic acid groups (broad SMARTS) is 1. The number of carboxylic acids is 1. The molecule has 5 nitrogen and oxygen atoms in total. The summed E-state index contributed by atoms with van der Waals surface area (Å²) >= 11 is 3.11. The van der Waals surface area contributed by atoms with E-state index < -0.39 is 18.0 Å². The van der Waals surface area contributed by atoms with Crippen LogP contribution in [0, 0.1) is 0 Å². The number of carbonyl (C=O) groups excluding carboxylic acids is 1. The summed E-state index contributed by atoms with van der Waals surface area (Å²) in [7, 11) is 0. The lowest BCUT2D eigenvalue weighted by Gasteiger charge is -2.16. The minimum absolute atomic E-state index is 0.146. The second-order valence-electron chi connectivity index (χ2n) is 3.96. The van der Waals surface area contributed by atoms with Crippen molar-refractivity contribution in [1.82, 2.24) is 10.6 Å². The molecule has 1 aromatic rings. The van der Waals surface area contributed by atoms with Gasteiger partial charge in [0, 0.05) is 16.7 Å². The maximum atomic E-state index is 11.7. The van der Waals surface area contributed by atoms with Crippen LogP contribution in [0.4, 0.5) is 4.79 Å². The lowest BCUT2D eigenvalue weighted by Crippen LogP contribution is -2.45. The molecule has 0 saturated carbocycles. The van der Waals surface area contributed by atoms with Crippen LogP contribution < -0.4 is 10.6 Å². The van der Waals surface area contributed by atoms with E-state index in [1.165, 1.54) is 11.3 Å². The molecule has 1 saturated heterocycles. The van der Waals surface area contributed by atoms with Crippen LogP contribution in [-0.4, -0.2) is 34.7 Å². The summed E-state index contributed by atoms with van der Waals surface area (Å²) in [5.41, 5.74) is 0. The van der Waals surface area contributed by atoms with Crippen LogP contribution in [0.15, 0.2) is 17.5 Å². The number of thiophene rings is 1. The number of thioether (sulfide) groups is 1. The second-order valence-corrected chi connectivity index (χ2v) is 6.09. The summed E-state index contributed by atoms with van der Waals surface area (Å²) < 4.78 is 0. The van der Waals surface area contributed by atoms with Crippen LogP contribution in [-0.2, 0) is 4.79 Å². The van der Waals surface area contributed by atoms with Gasteiger partial charge in [-0.05, 0) is 23.6 Å². The van der Waals surface area contributed by atoms with E-state index in [4.69, 9.17) is 5.11 Å². The lowest BCUT2D eigenvalue weighted by molar-refractivity contribution is -0.139. The molecule has 18 heavy (non-hydrogen) atoms. The van der Waals surface area contributed by atoms with E-state index in [1.54, 1.807) is 29.3 Å². The fourth-order valence-corrected chi connectivity index (χ4v) is 3.64. The fourth-order valence-electron chi connectivity index (χ4n) is 1.72. The summed E-state index contributed by atoms with van der Waals surface area (Å²) in [6, 6.07) is 2.23. The molecule has 98 valence electrons. The van der Waals surface area contributed by atoms with Crippen molar-refractivity contribution in [1.29, 1.82) is 0 Å². The van der Waals surface area contributed by atoms with Crippen LogP contribution in [0.25, 0.3) is 0 Å². The van der Waals surface area contributed by atoms with Crippen molar-refractivity contribution >= 4 is 35.1 Å². The monoisotopic (exact) mass is 286 g/mol. The smallest absolute Gasteiger partial charge is 0.331 e. The van der Waals surface area contributed by atoms with E-state index in [0.717, 1.165) is 17.9 Å². The van der Waals surface area contributed by atoms with Crippen LogP contribution in [0.5, 0.6) is 0 Å². The van der Waals surface area contributed by atoms with E-state index in [2.05, 4.69) is 10.6 Å². The maximum Gasteiger partial charge on any atom is 0.331 e. The number of urea groups is 1. The standard InChI is InChI=1S/C11H14N2O3S2/c14-10(15)9(8-2-1-4-18-8)13-11(16)12-7-3-5-17-6-7/h1-2,4,7,9H,3,5-6H2,(H,14,15)(H2,12,13,16). The van der Waals surface area contributed by atoms with Crippen LogP contribution in [0.1, 0.15) is 17.3 Å². The molecule has 1 aliphatic heterocycles. The van der Waals surface area contributed by atoms with Gasteiger partial charge in [-0.15, -0.1) is 11.3 Å². The van der Waals surface area contributed by atoms with Gasteiger partial charge in [0.15, 0.2) is 6.04 Å². The molecule has 0 aromatic carbocycles. The predicted octanol–water partition coefficient (Wildman–Crippen LogP) is 1.68. The molecule has 1 aromatic heterocycles. The molecule has 3 N–H and O–H groups in total. The molecule has 0 spiro atoms. The van der Waals surface area contributed by atoms with Crippen molar-refractivity contribution in [3.05, 3.63) is 22.4 Å². The third kappa shape index (κ3) is 3.39. The zero-order valence-corrected chi connectivity index (χ0v) is 11.2. The Morgan fingerprint density at radius 1 is 1.50 bits per heavy atom. The van der Waals surface area contributed by atoms with Gasteiger partial charge >= 0.3 is 12.0 Å². The fraction of sp³-hybridized carbons (Fsp3) is 0.455. The Morgan fingerprint density at radius 2 is 2.33 bits per heavy atom. The van der Waals surface area contributed by atoms with Gasteiger partial charge in [-0.3, -0.25) is 0 Å². The molecule has 2 heterocycles. The molecule has 2 unspecified atom stereocenters. The summed E-state index contributed by atoms with van der Waals surface area (Å²) in [6.45, 7) is 0. The first-order chi connectivity index (χ1) is 8.66. The quantitative estimate of drug-likeness (QED) is 0.787. The van der Waals surface area contributed by atoms with Crippen molar-refractivity contribution in [2.24, 2.45) is 0 Å². The van der Waals surface area contributed by atoms with Gasteiger partial charge < -0.3 is 15.7 Å². The number of aliphatic carboxylic acids is 1. The highest BCUT2D eigenvalue weighted by molar-refractivity contribution is 7.99. The molecule has 2 amide bonds. The number of carbonyl (C=O) groups is 2. The van der Waals surface area contributed by atoms with E-state index in [0.29, 0.717) is 4.88 Å². The summed E-state index contributed by atoms with van der Waals surface area (Å²) in [5.74, 6) is 0.885. The van der Waals surface area contributed by atoms with Crippen molar-refractivity contribution in [3.8, 4) is 0 Å². The highest BCUT2D eigenvalue weighted by Crippen LogP contribution is 2.20. The summed E-state index contributed by atoms with van der Waals surface area (Å²) in [5, 5.41) is 16.2. The minimum Gasteiger partial charge on any atom is -0.479 e. The van der Waals surface area contributed by atoms with Gasteiger partial charge in [0.1, 0.15) is 0 Å². The van der Waals surface area contributed by atoms with Crippen LogP contribution in [0.3, 0.4) is 0 Å². The third-order valence-electron chi connectivity index (χ3n) is 2.61. The third-order valence-corrected chi connectivity index (χ3v) is 4.71. The highest BCUT2D eigenvalue weighted by Gasteiger charge is 2.24. The summed E-state index contributed by atoms with van der Waals surface area (Å²) in [4.78, 5) is 23.5. The Kier molecular flexibility index (Phi) is 4.48. The number of rotatable bonds is 4. The number of hydrogen-bond donors (Lipinski definition) is 3. The molecule has 0 aliphatic carbocycles. The van der Waals surface area contributed by atoms with Crippen molar-refractivity contribution in [2.75, 3.05) is 11.5 Å². The normalized spacial score (nSPS) is 20.3. The average molecular weight is 286 g/mol. The first kappa shape index (κ1) is 13.2. The number of amides is 2. The zero-order valence-electron chi connectivity index (χ0n) is 9.59. The van der Waals surface area contributed by atoms with E-state index in [-0.39, 0.29) is 6.04 Å². The van der Waals surface area contributed by atoms with Gasteiger partial charge in [-0.2, -0.15) is 11.8 Å². The Morgan fingerprint density at radius 3 is 2.89 bits per heavy atom. The molecule has 0 bridgehead atoms. The van der Waals surface area contributed by atoms with Gasteiger partial charge in [-0.1, -0.05) is 6.07 Å². The Labute approximate surface area is 113 Å². The number of nitrogens with one attached hydrogen (secondary N) is 2. The molecule has 0 radical (unpaired) electrons. The van der Waals surface area contributed by atoms with Gasteiger partial charge in [0.05, 0.1) is 0 Å². The number of hydrogen-bond acceptors (Lipinski definition) is 4. The molecule has 2 rings (SSSR count). The first-order valence-electron chi connectivity index (χ1n) is 5.58. The SMILES string of the molecule is O=C(NC1CCSC1)NC(C(=O)O)c1cccs1. The molecule has 2 atom stereocenters. The van der Waals surface area contributed by atoms with E-state index >= 15 is 0 Å². The maximum absolute atomic E-state index is 11.7. The van der Waals surface area contributed by atoms with Crippen LogP contribution in [0.2, 0.25) is 0 Å². The van der Waals surface area contributed by atoms with E-state index in [9.17, 15) is 9.59 Å². The highest BCUT2D eigenvalue weighted by atomic mass is 32.2. The van der Waals surface area contributed by atoms with Gasteiger partial charge in [0.25, 0.3) is 0 Å². The second kappa shape index (κ2) is 6.10. The topological polar surface area (TPSA) is 78.4 Å². The molecule has 7 heteroatoms. The van der Waals surface area contributed by atoms with Crippen molar-refractivity contribution in [3.63, 3.8) is 0 Å². The van der Waals surface area contributed by atoms with Crippen molar-refractivity contribution < 1.29 is 14.7 Å². The minimum atomic E-state index is -1.05. The zero-order chi connectivity index (χ0) is 13.0. The molecule has 1 aliphatic rings. The predicted molar refractivity (Wildman–Crippen MR) is 72.1 cm³/mol.